The number of amides is 2. The van der Waals surface area contributed by atoms with Crippen LogP contribution in [0.2, 0.25) is 0 Å². The first kappa shape index (κ1) is 12.1. The van der Waals surface area contributed by atoms with Crippen LogP contribution < -0.4 is 15.4 Å². The van der Waals surface area contributed by atoms with Crippen LogP contribution in [0, 0.1) is 0 Å². The zero-order valence-corrected chi connectivity index (χ0v) is 9.32. The fraction of sp³-hybridized carbons (Fsp3) is 0.250. The molecule has 0 aliphatic carbocycles. The van der Waals surface area contributed by atoms with Gasteiger partial charge in [0.05, 0.1) is 7.11 Å². The lowest BCUT2D eigenvalue weighted by Crippen LogP contribution is -2.33. The molecule has 0 fully saturated rings. The minimum Gasteiger partial charge on any atom is -0.496 e. The number of hydrogen-bond acceptors (Lipinski definition) is 2. The van der Waals surface area contributed by atoms with Gasteiger partial charge in [-0.15, -0.1) is 0 Å². The highest BCUT2D eigenvalue weighted by atomic mass is 16.5. The molecule has 86 valence electrons. The van der Waals surface area contributed by atoms with Gasteiger partial charge in [-0.3, -0.25) is 0 Å². The Labute approximate surface area is 95.3 Å². The molecule has 0 radical (unpaired) electrons. The lowest BCUT2D eigenvalue weighted by Gasteiger charge is -2.08. The zero-order chi connectivity index (χ0) is 11.8. The van der Waals surface area contributed by atoms with E-state index in [1.807, 2.05) is 24.3 Å². The number of ether oxygens (including phenoxy) is 1. The minimum absolute atomic E-state index is 0.245. The second kappa shape index (κ2) is 6.50. The Morgan fingerprint density at radius 3 is 2.94 bits per heavy atom. The van der Waals surface area contributed by atoms with Crippen molar-refractivity contribution < 1.29 is 9.53 Å². The highest BCUT2D eigenvalue weighted by Gasteiger charge is 2.02. The van der Waals surface area contributed by atoms with Gasteiger partial charge in [0.1, 0.15) is 5.75 Å². The average molecular weight is 220 g/mol. The van der Waals surface area contributed by atoms with E-state index in [4.69, 9.17) is 4.74 Å². The van der Waals surface area contributed by atoms with Crippen molar-refractivity contribution in [3.8, 4) is 5.75 Å². The Kier molecular flexibility index (Phi) is 4.92. The molecule has 16 heavy (non-hydrogen) atoms. The number of nitrogens with one attached hydrogen (secondary N) is 2. The molecule has 0 bridgehead atoms. The largest absolute Gasteiger partial charge is 0.496 e. The number of rotatable bonds is 5. The molecular formula is C12H16N2O2. The third kappa shape index (κ3) is 3.65. The SMILES string of the molecule is C=CNC(=O)NCCc1ccccc1OC. The van der Waals surface area contributed by atoms with E-state index < -0.39 is 0 Å². The molecule has 0 spiro atoms. The Hall–Kier alpha value is -1.97. The van der Waals surface area contributed by atoms with Crippen LogP contribution >= 0.6 is 0 Å². The van der Waals surface area contributed by atoms with Gasteiger partial charge in [0.2, 0.25) is 0 Å². The predicted molar refractivity (Wildman–Crippen MR) is 63.4 cm³/mol. The summed E-state index contributed by atoms with van der Waals surface area (Å²) in [6.45, 7) is 3.96. The first-order valence-electron chi connectivity index (χ1n) is 5.05. The molecule has 0 unspecified atom stereocenters. The lowest BCUT2D eigenvalue weighted by atomic mass is 10.1. The summed E-state index contributed by atoms with van der Waals surface area (Å²) in [6, 6.07) is 7.50. The van der Waals surface area contributed by atoms with E-state index in [1.54, 1.807) is 7.11 Å². The summed E-state index contributed by atoms with van der Waals surface area (Å²) in [5.41, 5.74) is 1.07. The summed E-state index contributed by atoms with van der Waals surface area (Å²) in [7, 11) is 1.64. The maximum Gasteiger partial charge on any atom is 0.318 e. The molecule has 4 nitrogen and oxygen atoms in total. The summed E-state index contributed by atoms with van der Waals surface area (Å²) in [6.07, 6.45) is 2.08. The van der Waals surface area contributed by atoms with Gasteiger partial charge in [0.25, 0.3) is 0 Å². The fourth-order valence-electron chi connectivity index (χ4n) is 1.36. The third-order valence-electron chi connectivity index (χ3n) is 2.11. The summed E-state index contributed by atoms with van der Waals surface area (Å²) in [5.74, 6) is 0.841. The van der Waals surface area contributed by atoms with Gasteiger partial charge in [-0.1, -0.05) is 24.8 Å². The van der Waals surface area contributed by atoms with Crippen LogP contribution in [-0.2, 0) is 6.42 Å². The molecule has 1 aromatic carbocycles. The van der Waals surface area contributed by atoms with Crippen LogP contribution in [-0.4, -0.2) is 19.7 Å². The van der Waals surface area contributed by atoms with Crippen LogP contribution in [0.15, 0.2) is 37.0 Å². The normalized spacial score (nSPS) is 9.31. The Bertz CT molecular complexity index is 364. The molecule has 1 rings (SSSR count). The predicted octanol–water partition coefficient (Wildman–Crippen LogP) is 1.68. The van der Waals surface area contributed by atoms with Crippen molar-refractivity contribution in [2.24, 2.45) is 0 Å². The maximum absolute atomic E-state index is 11.1. The van der Waals surface area contributed by atoms with Crippen molar-refractivity contribution >= 4 is 6.03 Å². The number of benzene rings is 1. The fourth-order valence-corrected chi connectivity index (χ4v) is 1.36. The molecular weight excluding hydrogens is 204 g/mol. The highest BCUT2D eigenvalue weighted by molar-refractivity contribution is 5.74. The molecule has 0 atom stereocenters. The van der Waals surface area contributed by atoms with Gasteiger partial charge < -0.3 is 15.4 Å². The summed E-state index contributed by atoms with van der Waals surface area (Å²) in [5, 5.41) is 5.15. The van der Waals surface area contributed by atoms with E-state index in [-0.39, 0.29) is 6.03 Å². The van der Waals surface area contributed by atoms with E-state index in [2.05, 4.69) is 17.2 Å². The van der Waals surface area contributed by atoms with Gasteiger partial charge in [-0.2, -0.15) is 0 Å². The van der Waals surface area contributed by atoms with Crippen molar-refractivity contribution in [1.82, 2.24) is 10.6 Å². The van der Waals surface area contributed by atoms with E-state index in [0.29, 0.717) is 6.54 Å². The molecule has 0 saturated heterocycles. The van der Waals surface area contributed by atoms with E-state index >= 15 is 0 Å². The van der Waals surface area contributed by atoms with Gasteiger partial charge in [-0.25, -0.2) is 4.79 Å². The quantitative estimate of drug-likeness (QED) is 0.793. The smallest absolute Gasteiger partial charge is 0.318 e. The molecule has 1 aromatic rings. The van der Waals surface area contributed by atoms with Crippen molar-refractivity contribution in [2.75, 3.05) is 13.7 Å². The molecule has 0 heterocycles. The van der Waals surface area contributed by atoms with E-state index in [0.717, 1.165) is 17.7 Å². The molecule has 0 aromatic heterocycles. The molecule has 2 amide bonds. The summed E-state index contributed by atoms with van der Waals surface area (Å²) in [4.78, 5) is 11.1. The number of urea groups is 1. The van der Waals surface area contributed by atoms with Crippen LogP contribution in [0.25, 0.3) is 0 Å². The number of hydrogen-bond donors (Lipinski definition) is 2. The molecule has 0 aliphatic heterocycles. The number of carbonyl (C=O) groups is 1. The topological polar surface area (TPSA) is 50.4 Å². The van der Waals surface area contributed by atoms with E-state index in [1.165, 1.54) is 6.20 Å². The first-order valence-corrected chi connectivity index (χ1v) is 5.05. The third-order valence-corrected chi connectivity index (χ3v) is 2.11. The van der Waals surface area contributed by atoms with Crippen molar-refractivity contribution in [3.63, 3.8) is 0 Å². The first-order chi connectivity index (χ1) is 7.77. The minimum atomic E-state index is -0.245. The van der Waals surface area contributed by atoms with Gasteiger partial charge in [0, 0.05) is 6.54 Å². The Balaban J connectivity index is 2.42. The number of carbonyl (C=O) groups excluding carboxylic acids is 1. The molecule has 2 N–H and O–H groups in total. The van der Waals surface area contributed by atoms with Crippen molar-refractivity contribution in [2.45, 2.75) is 6.42 Å². The average Bonchev–Trinajstić information content (AvgIpc) is 2.30. The second-order valence-electron chi connectivity index (χ2n) is 3.17. The lowest BCUT2D eigenvalue weighted by molar-refractivity contribution is 0.244. The molecule has 0 saturated carbocycles. The van der Waals surface area contributed by atoms with Crippen molar-refractivity contribution in [1.29, 1.82) is 0 Å². The highest BCUT2D eigenvalue weighted by Crippen LogP contribution is 2.16. The van der Waals surface area contributed by atoms with Crippen LogP contribution in [0.5, 0.6) is 5.75 Å². The van der Waals surface area contributed by atoms with Gasteiger partial charge >= 0.3 is 6.03 Å². The van der Waals surface area contributed by atoms with Crippen LogP contribution in [0.4, 0.5) is 4.79 Å². The number of para-hydroxylation sites is 1. The molecule has 0 aliphatic rings. The van der Waals surface area contributed by atoms with Gasteiger partial charge in [0.15, 0.2) is 0 Å². The van der Waals surface area contributed by atoms with Crippen LogP contribution in [0.3, 0.4) is 0 Å². The zero-order valence-electron chi connectivity index (χ0n) is 9.32. The Morgan fingerprint density at radius 2 is 2.25 bits per heavy atom. The molecule has 4 heteroatoms. The summed E-state index contributed by atoms with van der Waals surface area (Å²) >= 11 is 0. The monoisotopic (exact) mass is 220 g/mol. The summed E-state index contributed by atoms with van der Waals surface area (Å²) < 4.78 is 5.21. The maximum atomic E-state index is 11.1. The van der Waals surface area contributed by atoms with Gasteiger partial charge in [-0.05, 0) is 24.3 Å². The van der Waals surface area contributed by atoms with Crippen molar-refractivity contribution in [3.05, 3.63) is 42.6 Å². The van der Waals surface area contributed by atoms with Crippen LogP contribution in [0.1, 0.15) is 5.56 Å². The Morgan fingerprint density at radius 1 is 1.50 bits per heavy atom. The second-order valence-corrected chi connectivity index (χ2v) is 3.17. The van der Waals surface area contributed by atoms with E-state index in [9.17, 15) is 4.79 Å². The standard InChI is InChI=1S/C12H16N2O2/c1-3-13-12(15)14-9-8-10-6-4-5-7-11(10)16-2/h3-7H,1,8-9H2,2H3,(H2,13,14,15). The number of methoxy groups -OCH3 is 1.